The Morgan fingerprint density at radius 2 is 1.96 bits per heavy atom. The van der Waals surface area contributed by atoms with Crippen molar-refractivity contribution in [2.45, 2.75) is 0 Å². The summed E-state index contributed by atoms with van der Waals surface area (Å²) in [5.74, 6) is -0.194. The molecule has 0 saturated heterocycles. The first kappa shape index (κ1) is 16.0. The van der Waals surface area contributed by atoms with Crippen LogP contribution in [0.25, 0.3) is 11.5 Å². The van der Waals surface area contributed by atoms with E-state index in [1.807, 2.05) is 24.3 Å². The van der Waals surface area contributed by atoms with Gasteiger partial charge < -0.3 is 4.42 Å². The van der Waals surface area contributed by atoms with Crippen molar-refractivity contribution in [1.82, 2.24) is 10.2 Å². The van der Waals surface area contributed by atoms with Gasteiger partial charge in [-0.3, -0.25) is 10.1 Å². The molecule has 0 fully saturated rings. The second-order valence-electron chi connectivity index (χ2n) is 4.50. The molecule has 0 atom stereocenters. The van der Waals surface area contributed by atoms with E-state index >= 15 is 0 Å². The second kappa shape index (κ2) is 6.70. The molecule has 0 spiro atoms. The summed E-state index contributed by atoms with van der Waals surface area (Å²) in [4.78, 5) is 12.2. The predicted octanol–water partition coefficient (Wildman–Crippen LogP) is 5.06. The third kappa shape index (κ3) is 3.72. The fraction of sp³-hybridized carbons (Fsp3) is 0. The number of halogens is 3. The van der Waals surface area contributed by atoms with Crippen LogP contribution in [0.15, 0.2) is 51.4 Å². The van der Waals surface area contributed by atoms with Crippen molar-refractivity contribution >= 4 is 51.1 Å². The number of hydrogen-bond donors (Lipinski definition) is 1. The van der Waals surface area contributed by atoms with Gasteiger partial charge in [-0.25, -0.2) is 0 Å². The van der Waals surface area contributed by atoms with Gasteiger partial charge in [0.25, 0.3) is 5.91 Å². The van der Waals surface area contributed by atoms with Gasteiger partial charge in [-0.05, 0) is 36.4 Å². The van der Waals surface area contributed by atoms with Crippen LogP contribution in [-0.2, 0) is 0 Å². The van der Waals surface area contributed by atoms with Gasteiger partial charge in [0.2, 0.25) is 5.89 Å². The first-order valence-electron chi connectivity index (χ1n) is 6.39. The van der Waals surface area contributed by atoms with Crippen LogP contribution in [0, 0.1) is 0 Å². The Balaban J connectivity index is 1.81. The minimum atomic E-state index is -0.484. The molecule has 0 bridgehead atoms. The minimum Gasteiger partial charge on any atom is -0.403 e. The van der Waals surface area contributed by atoms with Crippen LogP contribution in [0.5, 0.6) is 0 Å². The molecule has 3 rings (SSSR count). The van der Waals surface area contributed by atoms with Crippen molar-refractivity contribution in [2.75, 3.05) is 5.32 Å². The van der Waals surface area contributed by atoms with E-state index in [4.69, 9.17) is 27.6 Å². The Labute approximate surface area is 149 Å². The summed E-state index contributed by atoms with van der Waals surface area (Å²) in [6.07, 6.45) is 0. The fourth-order valence-electron chi connectivity index (χ4n) is 1.85. The Bertz CT molecular complexity index is 883. The van der Waals surface area contributed by atoms with Crippen molar-refractivity contribution < 1.29 is 9.21 Å². The van der Waals surface area contributed by atoms with Gasteiger partial charge in [0.05, 0.1) is 10.6 Å². The molecular formula is C15H8BrCl2N3O2. The molecule has 0 aliphatic rings. The number of carbonyl (C=O) groups excluding carboxylic acids is 1. The van der Waals surface area contributed by atoms with E-state index in [2.05, 4.69) is 31.4 Å². The summed E-state index contributed by atoms with van der Waals surface area (Å²) < 4.78 is 6.32. The number of aromatic nitrogens is 2. The molecule has 1 heterocycles. The fourth-order valence-corrected chi connectivity index (χ4v) is 2.62. The summed E-state index contributed by atoms with van der Waals surface area (Å²) in [6.45, 7) is 0. The quantitative estimate of drug-likeness (QED) is 0.652. The molecule has 0 aliphatic carbocycles. The maximum atomic E-state index is 12.2. The average molecular weight is 413 g/mol. The Morgan fingerprint density at radius 3 is 2.74 bits per heavy atom. The van der Waals surface area contributed by atoms with Crippen molar-refractivity contribution in [3.05, 3.63) is 62.5 Å². The van der Waals surface area contributed by atoms with E-state index in [1.54, 1.807) is 12.1 Å². The van der Waals surface area contributed by atoms with E-state index in [0.717, 1.165) is 10.0 Å². The molecule has 3 aromatic rings. The summed E-state index contributed by atoms with van der Waals surface area (Å²) in [5, 5.41) is 10.9. The van der Waals surface area contributed by atoms with E-state index < -0.39 is 5.91 Å². The zero-order valence-electron chi connectivity index (χ0n) is 11.4. The third-order valence-electron chi connectivity index (χ3n) is 2.89. The molecule has 1 aromatic heterocycles. The van der Waals surface area contributed by atoms with Crippen molar-refractivity contribution in [1.29, 1.82) is 0 Å². The van der Waals surface area contributed by atoms with Crippen LogP contribution >= 0.6 is 39.1 Å². The van der Waals surface area contributed by atoms with Crippen molar-refractivity contribution in [2.24, 2.45) is 0 Å². The molecule has 8 heteroatoms. The summed E-state index contributed by atoms with van der Waals surface area (Å²) in [7, 11) is 0. The van der Waals surface area contributed by atoms with Gasteiger partial charge in [0.15, 0.2) is 0 Å². The first-order chi connectivity index (χ1) is 11.0. The molecule has 1 amide bonds. The number of rotatable bonds is 3. The molecule has 0 unspecified atom stereocenters. The number of benzene rings is 2. The molecule has 0 aliphatic heterocycles. The van der Waals surface area contributed by atoms with Crippen LogP contribution in [0.1, 0.15) is 10.4 Å². The summed E-state index contributed by atoms with van der Waals surface area (Å²) in [6, 6.07) is 11.9. The van der Waals surface area contributed by atoms with Crippen LogP contribution in [-0.4, -0.2) is 16.1 Å². The highest BCUT2D eigenvalue weighted by Crippen LogP contribution is 2.24. The SMILES string of the molecule is O=C(Nc1nnc(-c2cccc(Br)c2)o1)c1cc(Cl)ccc1Cl. The normalized spacial score (nSPS) is 10.6. The van der Waals surface area contributed by atoms with Crippen LogP contribution < -0.4 is 5.32 Å². The van der Waals surface area contributed by atoms with Gasteiger partial charge in [-0.2, -0.15) is 0 Å². The molecule has 23 heavy (non-hydrogen) atoms. The number of anilines is 1. The molecule has 1 N–H and O–H groups in total. The lowest BCUT2D eigenvalue weighted by Gasteiger charge is -2.03. The highest BCUT2D eigenvalue weighted by Gasteiger charge is 2.15. The lowest BCUT2D eigenvalue weighted by Crippen LogP contribution is -2.12. The Hall–Kier alpha value is -1.89. The monoisotopic (exact) mass is 411 g/mol. The van der Waals surface area contributed by atoms with Gasteiger partial charge in [-0.15, -0.1) is 5.10 Å². The van der Waals surface area contributed by atoms with Gasteiger partial charge >= 0.3 is 6.01 Å². The number of nitrogens with one attached hydrogen (secondary N) is 1. The first-order valence-corrected chi connectivity index (χ1v) is 7.93. The number of hydrogen-bond acceptors (Lipinski definition) is 4. The average Bonchev–Trinajstić information content (AvgIpc) is 2.98. The van der Waals surface area contributed by atoms with Gasteiger partial charge in [0.1, 0.15) is 0 Å². The number of nitrogens with zero attached hydrogens (tertiary/aromatic N) is 2. The smallest absolute Gasteiger partial charge is 0.322 e. The number of carbonyl (C=O) groups is 1. The van der Waals surface area contributed by atoms with E-state index in [-0.39, 0.29) is 16.6 Å². The molecule has 0 saturated carbocycles. The maximum Gasteiger partial charge on any atom is 0.322 e. The molecule has 0 radical (unpaired) electrons. The second-order valence-corrected chi connectivity index (χ2v) is 6.26. The zero-order valence-corrected chi connectivity index (χ0v) is 14.5. The largest absolute Gasteiger partial charge is 0.403 e. The van der Waals surface area contributed by atoms with E-state index in [9.17, 15) is 4.79 Å². The van der Waals surface area contributed by atoms with Gasteiger partial charge in [-0.1, -0.05) is 50.3 Å². The van der Waals surface area contributed by atoms with Crippen LogP contribution in [0.2, 0.25) is 10.0 Å². The standard InChI is InChI=1S/C15H8BrCl2N3O2/c16-9-3-1-2-8(6-9)14-20-21-15(23-14)19-13(22)11-7-10(17)4-5-12(11)18/h1-7H,(H,19,21,22). The van der Waals surface area contributed by atoms with E-state index in [0.29, 0.717) is 10.9 Å². The summed E-state index contributed by atoms with van der Waals surface area (Å²) in [5.41, 5.74) is 0.953. The van der Waals surface area contributed by atoms with E-state index in [1.165, 1.54) is 6.07 Å². The Morgan fingerprint density at radius 1 is 1.13 bits per heavy atom. The molecule has 2 aromatic carbocycles. The van der Waals surface area contributed by atoms with Crippen molar-refractivity contribution in [3.8, 4) is 11.5 Å². The lowest BCUT2D eigenvalue weighted by molar-refractivity contribution is 0.102. The highest BCUT2D eigenvalue weighted by molar-refractivity contribution is 9.10. The van der Waals surface area contributed by atoms with Crippen LogP contribution in [0.3, 0.4) is 0 Å². The Kier molecular flexibility index (Phi) is 4.66. The zero-order chi connectivity index (χ0) is 16.4. The van der Waals surface area contributed by atoms with Gasteiger partial charge in [0, 0.05) is 15.1 Å². The van der Waals surface area contributed by atoms with Crippen molar-refractivity contribution in [3.63, 3.8) is 0 Å². The molecular weight excluding hydrogens is 405 g/mol. The maximum absolute atomic E-state index is 12.2. The lowest BCUT2D eigenvalue weighted by atomic mass is 10.2. The summed E-state index contributed by atoms with van der Waals surface area (Å²) >= 11 is 15.2. The molecule has 116 valence electrons. The minimum absolute atomic E-state index is 0.0268. The highest BCUT2D eigenvalue weighted by atomic mass is 79.9. The topological polar surface area (TPSA) is 68.0 Å². The third-order valence-corrected chi connectivity index (χ3v) is 3.95. The molecule has 5 nitrogen and oxygen atoms in total. The number of amides is 1. The predicted molar refractivity (Wildman–Crippen MR) is 91.8 cm³/mol. The van der Waals surface area contributed by atoms with Crippen LogP contribution in [0.4, 0.5) is 6.01 Å².